The Morgan fingerprint density at radius 2 is 1.81 bits per heavy atom. The van der Waals surface area contributed by atoms with Gasteiger partial charge in [-0.1, -0.05) is 23.8 Å². The molecule has 1 aliphatic rings. The van der Waals surface area contributed by atoms with E-state index in [-0.39, 0.29) is 18.4 Å². The second-order valence-electron chi connectivity index (χ2n) is 6.84. The highest BCUT2D eigenvalue weighted by Gasteiger charge is 2.23. The molecule has 1 saturated heterocycles. The minimum atomic E-state index is 0.00705. The van der Waals surface area contributed by atoms with Gasteiger partial charge in [0.1, 0.15) is 6.54 Å². The summed E-state index contributed by atoms with van der Waals surface area (Å²) in [5, 5.41) is 2.03. The first kappa shape index (κ1) is 18.6. The van der Waals surface area contributed by atoms with Crippen LogP contribution in [0.3, 0.4) is 0 Å². The van der Waals surface area contributed by atoms with Gasteiger partial charge in [-0.25, -0.2) is 0 Å². The molecule has 0 atom stereocenters. The standard InChI is InChI=1S/C21H26N2O2S/c1-17-7-9-18(10-8-17)23(16-21(25)22-13-3-2-4-14-22)20(24)12-11-19-6-5-15-26-19/h5-10,15H,2-4,11-14,16H2,1H3. The summed E-state index contributed by atoms with van der Waals surface area (Å²) in [6, 6.07) is 11.9. The predicted molar refractivity (Wildman–Crippen MR) is 107 cm³/mol. The highest BCUT2D eigenvalue weighted by atomic mass is 32.1. The van der Waals surface area contributed by atoms with Crippen LogP contribution in [0.1, 0.15) is 36.1 Å². The zero-order chi connectivity index (χ0) is 18.4. The molecular weight excluding hydrogens is 344 g/mol. The quantitative estimate of drug-likeness (QED) is 0.770. The van der Waals surface area contributed by atoms with Crippen molar-refractivity contribution in [3.8, 4) is 0 Å². The molecule has 4 nitrogen and oxygen atoms in total. The molecule has 1 aromatic carbocycles. The molecule has 26 heavy (non-hydrogen) atoms. The summed E-state index contributed by atoms with van der Waals surface area (Å²) < 4.78 is 0. The first-order valence-electron chi connectivity index (χ1n) is 9.30. The Bertz CT molecular complexity index is 719. The average Bonchev–Trinajstić information content (AvgIpc) is 3.19. The van der Waals surface area contributed by atoms with Crippen molar-refractivity contribution in [3.05, 3.63) is 52.2 Å². The monoisotopic (exact) mass is 370 g/mol. The van der Waals surface area contributed by atoms with E-state index in [0.29, 0.717) is 6.42 Å². The lowest BCUT2D eigenvalue weighted by Crippen LogP contribution is -2.45. The maximum atomic E-state index is 12.9. The maximum Gasteiger partial charge on any atom is 0.242 e. The number of thiophene rings is 1. The van der Waals surface area contributed by atoms with Gasteiger partial charge >= 0.3 is 0 Å². The van der Waals surface area contributed by atoms with Crippen LogP contribution in [0.15, 0.2) is 41.8 Å². The third-order valence-electron chi connectivity index (χ3n) is 4.81. The third-order valence-corrected chi connectivity index (χ3v) is 5.75. The second kappa shape index (κ2) is 8.99. The van der Waals surface area contributed by atoms with E-state index < -0.39 is 0 Å². The van der Waals surface area contributed by atoms with E-state index >= 15 is 0 Å². The molecule has 0 spiro atoms. The van der Waals surface area contributed by atoms with Crippen LogP contribution in [0.2, 0.25) is 0 Å². The smallest absolute Gasteiger partial charge is 0.242 e. The number of amides is 2. The summed E-state index contributed by atoms with van der Waals surface area (Å²) in [6.45, 7) is 3.77. The fourth-order valence-corrected chi connectivity index (χ4v) is 3.96. The molecule has 0 radical (unpaired) electrons. The molecule has 0 unspecified atom stereocenters. The van der Waals surface area contributed by atoms with Crippen molar-refractivity contribution in [1.82, 2.24) is 4.90 Å². The highest BCUT2D eigenvalue weighted by Crippen LogP contribution is 2.19. The molecule has 0 aliphatic carbocycles. The van der Waals surface area contributed by atoms with Gasteiger partial charge in [-0.05, 0) is 56.2 Å². The van der Waals surface area contributed by atoms with Crippen LogP contribution in [-0.2, 0) is 16.0 Å². The van der Waals surface area contributed by atoms with Gasteiger partial charge in [-0.15, -0.1) is 11.3 Å². The molecule has 2 aromatic rings. The van der Waals surface area contributed by atoms with E-state index in [9.17, 15) is 9.59 Å². The van der Waals surface area contributed by atoms with Gasteiger partial charge in [0, 0.05) is 30.1 Å². The number of hydrogen-bond acceptors (Lipinski definition) is 3. The molecule has 2 heterocycles. The molecule has 1 aliphatic heterocycles. The number of likely N-dealkylation sites (tertiary alicyclic amines) is 1. The van der Waals surface area contributed by atoms with Gasteiger partial charge in [0.2, 0.25) is 11.8 Å². The van der Waals surface area contributed by atoms with Crippen molar-refractivity contribution in [2.45, 2.75) is 39.0 Å². The third kappa shape index (κ3) is 4.94. The SMILES string of the molecule is Cc1ccc(N(CC(=O)N2CCCCC2)C(=O)CCc2cccs2)cc1. The van der Waals surface area contributed by atoms with Crippen molar-refractivity contribution in [3.63, 3.8) is 0 Å². The average molecular weight is 371 g/mol. The summed E-state index contributed by atoms with van der Waals surface area (Å²) in [5.74, 6) is 0.0577. The van der Waals surface area contributed by atoms with Crippen molar-refractivity contribution >= 4 is 28.8 Å². The number of carbonyl (C=O) groups is 2. The van der Waals surface area contributed by atoms with Crippen molar-refractivity contribution in [2.75, 3.05) is 24.5 Å². The summed E-state index contributed by atoms with van der Waals surface area (Å²) in [6.07, 6.45) is 4.44. The van der Waals surface area contributed by atoms with E-state index in [4.69, 9.17) is 0 Å². The number of piperidine rings is 1. The van der Waals surface area contributed by atoms with E-state index in [1.54, 1.807) is 16.2 Å². The number of benzene rings is 1. The van der Waals surface area contributed by atoms with Crippen LogP contribution in [0.5, 0.6) is 0 Å². The molecular formula is C21H26N2O2S. The maximum absolute atomic E-state index is 12.9. The van der Waals surface area contributed by atoms with Crippen molar-refractivity contribution < 1.29 is 9.59 Å². The van der Waals surface area contributed by atoms with Crippen LogP contribution < -0.4 is 4.90 Å². The number of aryl methyl sites for hydroxylation is 2. The van der Waals surface area contributed by atoms with Crippen molar-refractivity contribution in [1.29, 1.82) is 0 Å². The number of hydrogen-bond donors (Lipinski definition) is 0. The lowest BCUT2D eigenvalue weighted by Gasteiger charge is -2.30. The molecule has 5 heteroatoms. The number of rotatable bonds is 6. The Morgan fingerprint density at radius 3 is 2.46 bits per heavy atom. The summed E-state index contributed by atoms with van der Waals surface area (Å²) in [7, 11) is 0. The summed E-state index contributed by atoms with van der Waals surface area (Å²) >= 11 is 1.67. The van der Waals surface area contributed by atoms with Gasteiger partial charge in [-0.2, -0.15) is 0 Å². The van der Waals surface area contributed by atoms with Crippen LogP contribution in [0, 0.1) is 6.92 Å². The molecule has 1 fully saturated rings. The molecule has 138 valence electrons. The van der Waals surface area contributed by atoms with E-state index in [2.05, 4.69) is 0 Å². The number of nitrogens with zero attached hydrogens (tertiary/aromatic N) is 2. The number of carbonyl (C=O) groups excluding carboxylic acids is 2. The molecule has 1 aromatic heterocycles. The minimum Gasteiger partial charge on any atom is -0.341 e. The van der Waals surface area contributed by atoms with Gasteiger partial charge in [0.25, 0.3) is 0 Å². The molecule has 0 saturated carbocycles. The van der Waals surface area contributed by atoms with Crippen LogP contribution in [-0.4, -0.2) is 36.3 Å². The first-order chi connectivity index (χ1) is 12.6. The molecule has 3 rings (SSSR count). The van der Waals surface area contributed by atoms with Crippen LogP contribution in [0.4, 0.5) is 5.69 Å². The Balaban J connectivity index is 1.71. The van der Waals surface area contributed by atoms with Gasteiger partial charge in [-0.3, -0.25) is 9.59 Å². The predicted octanol–water partition coefficient (Wildman–Crippen LogP) is 4.03. The van der Waals surface area contributed by atoms with E-state index in [0.717, 1.165) is 43.6 Å². The van der Waals surface area contributed by atoms with Crippen LogP contribution in [0.25, 0.3) is 0 Å². The molecule has 0 bridgehead atoms. The lowest BCUT2D eigenvalue weighted by molar-refractivity contribution is -0.132. The Kier molecular flexibility index (Phi) is 6.45. The molecule has 2 amide bonds. The highest BCUT2D eigenvalue weighted by molar-refractivity contribution is 7.09. The lowest BCUT2D eigenvalue weighted by atomic mass is 10.1. The topological polar surface area (TPSA) is 40.6 Å². The van der Waals surface area contributed by atoms with Crippen LogP contribution >= 0.6 is 11.3 Å². The van der Waals surface area contributed by atoms with E-state index in [1.165, 1.54) is 11.3 Å². The van der Waals surface area contributed by atoms with Gasteiger partial charge < -0.3 is 9.80 Å². The summed E-state index contributed by atoms with van der Waals surface area (Å²) in [4.78, 5) is 30.4. The number of anilines is 1. The molecule has 0 N–H and O–H groups in total. The zero-order valence-corrected chi connectivity index (χ0v) is 16.1. The Labute approximate surface area is 159 Å². The summed E-state index contributed by atoms with van der Waals surface area (Å²) in [5.41, 5.74) is 1.94. The first-order valence-corrected chi connectivity index (χ1v) is 10.2. The Hall–Kier alpha value is -2.14. The largest absolute Gasteiger partial charge is 0.341 e. The fourth-order valence-electron chi connectivity index (χ4n) is 3.25. The fraction of sp³-hybridized carbons (Fsp3) is 0.429. The van der Waals surface area contributed by atoms with Gasteiger partial charge in [0.15, 0.2) is 0 Å². The minimum absolute atomic E-state index is 0.00705. The van der Waals surface area contributed by atoms with Crippen molar-refractivity contribution in [2.24, 2.45) is 0 Å². The zero-order valence-electron chi connectivity index (χ0n) is 15.3. The van der Waals surface area contributed by atoms with Gasteiger partial charge in [0.05, 0.1) is 0 Å². The Morgan fingerprint density at radius 1 is 1.08 bits per heavy atom. The van der Waals surface area contributed by atoms with E-state index in [1.807, 2.05) is 53.6 Å². The second-order valence-corrected chi connectivity index (χ2v) is 7.87. The normalized spacial score (nSPS) is 14.3.